The molecule has 0 saturated carbocycles. The fourth-order valence-corrected chi connectivity index (χ4v) is 0. The maximum absolute atomic E-state index is 8.88. The van der Waals surface area contributed by atoms with Crippen molar-refractivity contribution in [2.75, 3.05) is 0 Å². The van der Waals surface area contributed by atoms with Gasteiger partial charge in [-0.1, -0.05) is 0 Å². The minimum absolute atomic E-state index is 0. The van der Waals surface area contributed by atoms with Gasteiger partial charge in [0.2, 0.25) is 0 Å². The van der Waals surface area contributed by atoms with Crippen LogP contribution in [0.3, 0.4) is 0 Å². The normalized spacial score (nSPS) is 7.38. The van der Waals surface area contributed by atoms with E-state index in [9.17, 15) is 0 Å². The first-order valence-electron chi connectivity index (χ1n) is 0.783. The van der Waals surface area contributed by atoms with Gasteiger partial charge in [-0.05, 0) is 0 Å². The zero-order valence-electron chi connectivity index (χ0n) is 6.70. The Kier molecular flexibility index (Phi) is 25.4. The third kappa shape index (κ3) is 96.9. The summed E-state index contributed by atoms with van der Waals surface area (Å²) in [5, 5.41) is 0. The van der Waals surface area contributed by atoms with Crippen LogP contribution >= 0.6 is 7.82 Å². The third-order valence-corrected chi connectivity index (χ3v) is 0. The molecule has 0 heterocycles. The summed E-state index contributed by atoms with van der Waals surface area (Å²) >= 11 is 0. The van der Waals surface area contributed by atoms with E-state index in [0.717, 1.165) is 0 Å². The summed E-state index contributed by atoms with van der Waals surface area (Å²) < 4.78 is 8.88. The Morgan fingerprint density at radius 3 is 1.12 bits per heavy atom. The summed E-state index contributed by atoms with van der Waals surface area (Å²) in [6, 6.07) is 0. The van der Waals surface area contributed by atoms with E-state index in [2.05, 4.69) is 0 Å². The Balaban J connectivity index is -0.00000000800. The van der Waals surface area contributed by atoms with Crippen molar-refractivity contribution in [2.45, 2.75) is 0 Å². The van der Waals surface area contributed by atoms with Gasteiger partial charge >= 0.3 is 45.5 Å². The maximum atomic E-state index is 8.88. The van der Waals surface area contributed by atoms with Crippen molar-refractivity contribution < 1.29 is 81.5 Å². The van der Waals surface area contributed by atoms with Crippen LogP contribution in [-0.2, 0) is 26.3 Å². The molecule has 0 aliphatic rings. The Morgan fingerprint density at radius 1 is 1.12 bits per heavy atom. The second-order valence-corrected chi connectivity index (χ2v) is 1.54. The summed E-state index contributed by atoms with van der Waals surface area (Å²) in [6.07, 6.45) is 0. The van der Waals surface area contributed by atoms with Crippen LogP contribution in [0.2, 0.25) is 0 Å². The molecule has 0 amide bonds. The Hall–Kier alpha value is 2.02. The molecule has 0 fully saturated rings. The van der Waals surface area contributed by atoms with Gasteiger partial charge in [0.1, 0.15) is 0 Å². The third-order valence-electron chi connectivity index (χ3n) is 0. The summed E-state index contributed by atoms with van der Waals surface area (Å²) in [5.41, 5.74) is 0. The van der Waals surface area contributed by atoms with Gasteiger partial charge < -0.3 is 17.5 Å². The molecule has 0 aliphatic carbocycles. The minimum atomic E-state index is -4.64. The Bertz CT molecular complexity index is 67.4. The van der Waals surface area contributed by atoms with Crippen LogP contribution in [0.15, 0.2) is 0 Å². The number of hydrogen-bond acceptors (Lipinski definition) is 1. The van der Waals surface area contributed by atoms with E-state index in [4.69, 9.17) is 19.2 Å². The van der Waals surface area contributed by atoms with Gasteiger partial charge in [-0.2, -0.15) is 0 Å². The Morgan fingerprint density at radius 2 is 1.12 bits per heavy atom. The van der Waals surface area contributed by atoms with Crippen molar-refractivity contribution in [3.63, 3.8) is 0 Å². The summed E-state index contributed by atoms with van der Waals surface area (Å²) in [4.78, 5) is 21.6. The summed E-state index contributed by atoms with van der Waals surface area (Å²) in [5.74, 6) is 0. The zero-order chi connectivity index (χ0) is 4.50. The van der Waals surface area contributed by atoms with E-state index < -0.39 is 7.82 Å². The largest absolute Gasteiger partial charge is 1.00 e. The van der Waals surface area contributed by atoms with Crippen LogP contribution in [0.5, 0.6) is 0 Å². The quantitative estimate of drug-likeness (QED) is 0.244. The van der Waals surface area contributed by atoms with Gasteiger partial charge in [0.05, 0.1) is 0 Å². The molecule has 0 bridgehead atoms. The molecule has 0 atom stereocenters. The topological polar surface area (TPSA) is 77.8 Å². The van der Waals surface area contributed by atoms with Crippen molar-refractivity contribution in [3.05, 3.63) is 0 Å². The smallest absolute Gasteiger partial charge is 1.00 e. The molecule has 0 unspecified atom stereocenters. The molecule has 0 spiro atoms. The van der Waals surface area contributed by atoms with Gasteiger partial charge in [0.15, 0.2) is 0 Å². The second-order valence-electron chi connectivity index (χ2n) is 0.513. The average Bonchev–Trinajstić information content (AvgIpc) is 0.722. The maximum Gasteiger partial charge on any atom is 1.00 e. The van der Waals surface area contributed by atoms with Crippen LogP contribution in [0.4, 0.5) is 0 Å². The number of phosphoric acid groups is 1. The van der Waals surface area contributed by atoms with Gasteiger partial charge in [0, 0.05) is 21.7 Å². The first-order valence-corrected chi connectivity index (χ1v) is 2.35. The van der Waals surface area contributed by atoms with Crippen LogP contribution < -0.4 is 37.7 Å². The van der Waals surface area contributed by atoms with Gasteiger partial charge in [-0.3, -0.25) is 0 Å². The molecule has 0 aromatic heterocycles. The Labute approximate surface area is 88.9 Å². The first kappa shape index (κ1) is 22.5. The fraction of sp³-hybridized carbons (Fsp3) is 0. The van der Waals surface area contributed by atoms with Crippen molar-refractivity contribution in [3.8, 4) is 0 Å². The molecular weight excluding hydrogens is 157 g/mol. The van der Waals surface area contributed by atoms with Crippen molar-refractivity contribution in [1.82, 2.24) is 0 Å². The SMILES string of the molecule is O=P(O)(O)O.[H-].[H-].[Li+].[Li+].[Ti]. The molecule has 0 saturated heterocycles. The molecule has 0 aliphatic heterocycles. The number of hydrogen-bond donors (Lipinski definition) is 3. The van der Waals surface area contributed by atoms with Gasteiger partial charge in [-0.15, -0.1) is 0 Å². The van der Waals surface area contributed by atoms with Crippen molar-refractivity contribution in [2.24, 2.45) is 0 Å². The zero-order valence-corrected chi connectivity index (χ0v) is 7.15. The van der Waals surface area contributed by atoms with Crippen LogP contribution in [0, 0.1) is 0 Å². The molecule has 3 N–H and O–H groups in total. The standard InChI is InChI=1S/2Li.H3O4P.Ti.2H/c;;1-5(2,3)4;;;/h;;(H3,1,2,3,4);;;/q2*+1;;;2*-1. The van der Waals surface area contributed by atoms with E-state index >= 15 is 0 Å². The molecule has 0 radical (unpaired) electrons. The molecular formula is H5Li2O4PTi. The number of rotatable bonds is 0. The predicted molar refractivity (Wildman–Crippen MR) is 16.5 cm³/mol. The van der Waals surface area contributed by atoms with Gasteiger partial charge in [0.25, 0.3) is 0 Å². The molecule has 0 aromatic carbocycles. The second kappa shape index (κ2) is 9.02. The van der Waals surface area contributed by atoms with E-state index in [1.807, 2.05) is 0 Å². The summed E-state index contributed by atoms with van der Waals surface area (Å²) in [6.45, 7) is 0. The molecule has 4 nitrogen and oxygen atoms in total. The van der Waals surface area contributed by atoms with E-state index in [1.54, 1.807) is 0 Å². The van der Waals surface area contributed by atoms with Crippen molar-refractivity contribution in [1.29, 1.82) is 0 Å². The van der Waals surface area contributed by atoms with Crippen LogP contribution in [-0.4, -0.2) is 14.7 Å². The molecule has 8 heteroatoms. The molecule has 8 heavy (non-hydrogen) atoms. The summed E-state index contributed by atoms with van der Waals surface area (Å²) in [7, 11) is -4.64. The van der Waals surface area contributed by atoms with Crippen LogP contribution in [0.1, 0.15) is 2.85 Å². The molecule has 0 aromatic rings. The first-order chi connectivity index (χ1) is 2.00. The van der Waals surface area contributed by atoms with Gasteiger partial charge in [-0.25, -0.2) is 4.57 Å². The molecule has 0 rings (SSSR count). The minimum Gasteiger partial charge on any atom is -1.00 e. The predicted octanol–water partition coefficient (Wildman–Crippen LogP) is -6.70. The van der Waals surface area contributed by atoms with Crippen molar-refractivity contribution >= 4 is 7.82 Å². The van der Waals surface area contributed by atoms with E-state index in [-0.39, 0.29) is 62.3 Å². The van der Waals surface area contributed by atoms with E-state index in [1.165, 1.54) is 0 Å². The average molecular weight is 162 g/mol. The molecule has 40 valence electrons. The van der Waals surface area contributed by atoms with E-state index in [0.29, 0.717) is 0 Å². The fourth-order valence-electron chi connectivity index (χ4n) is 0. The van der Waals surface area contributed by atoms with Crippen LogP contribution in [0.25, 0.3) is 0 Å². The monoisotopic (exact) mass is 162 g/mol.